The molecule has 0 aliphatic carbocycles. The van der Waals surface area contributed by atoms with E-state index in [9.17, 15) is 19.5 Å². The zero-order valence-electron chi connectivity index (χ0n) is 13.4. The molecule has 2 amide bonds. The van der Waals surface area contributed by atoms with Crippen molar-refractivity contribution in [1.29, 1.82) is 0 Å². The average Bonchev–Trinajstić information content (AvgIpc) is 3.08. The number of hydrogen-bond acceptors (Lipinski definition) is 6. The molecule has 0 aliphatic heterocycles. The fraction of sp³-hybridized carbons (Fsp3) is 0.0556. The number of rotatable bonds is 5. The Morgan fingerprint density at radius 2 is 1.85 bits per heavy atom. The Labute approximate surface area is 152 Å². The molecule has 4 N–H and O–H groups in total. The second-order valence-corrected chi connectivity index (χ2v) is 6.25. The zero-order valence-corrected chi connectivity index (χ0v) is 14.2. The Balaban J connectivity index is 1.67. The lowest BCUT2D eigenvalue weighted by Crippen LogP contribution is -2.22. The lowest BCUT2D eigenvalue weighted by molar-refractivity contribution is -0.119. The van der Waals surface area contributed by atoms with Gasteiger partial charge in [0.25, 0.3) is 11.8 Å². The van der Waals surface area contributed by atoms with E-state index in [-0.39, 0.29) is 21.9 Å². The Hall–Kier alpha value is -3.39. The van der Waals surface area contributed by atoms with Crippen LogP contribution in [0.15, 0.2) is 47.8 Å². The van der Waals surface area contributed by atoms with E-state index >= 15 is 0 Å². The minimum absolute atomic E-state index is 0.0366. The maximum Gasteiger partial charge on any atom is 0.342 e. The van der Waals surface area contributed by atoms with Crippen molar-refractivity contribution in [2.24, 2.45) is 5.73 Å². The second-order valence-electron chi connectivity index (χ2n) is 5.33. The molecule has 3 rings (SSSR count). The molecule has 0 radical (unpaired) electrons. The molecular formula is C18H14N2O5S. The third kappa shape index (κ3) is 3.50. The lowest BCUT2D eigenvalue weighted by Gasteiger charge is -2.09. The van der Waals surface area contributed by atoms with Crippen LogP contribution in [0.25, 0.3) is 10.8 Å². The molecule has 0 saturated carbocycles. The highest BCUT2D eigenvalue weighted by Crippen LogP contribution is 2.29. The summed E-state index contributed by atoms with van der Waals surface area (Å²) in [5.41, 5.74) is 5.34. The number of hydrogen-bond donors (Lipinski definition) is 3. The van der Waals surface area contributed by atoms with Gasteiger partial charge >= 0.3 is 5.97 Å². The van der Waals surface area contributed by atoms with Gasteiger partial charge in [0.1, 0.15) is 16.3 Å². The average molecular weight is 370 g/mol. The number of benzene rings is 2. The van der Waals surface area contributed by atoms with Gasteiger partial charge in [-0.1, -0.05) is 30.3 Å². The van der Waals surface area contributed by atoms with E-state index in [0.717, 1.165) is 16.7 Å². The van der Waals surface area contributed by atoms with Crippen LogP contribution in [0.1, 0.15) is 20.7 Å². The van der Waals surface area contributed by atoms with E-state index in [1.54, 1.807) is 29.6 Å². The number of esters is 1. The van der Waals surface area contributed by atoms with Crippen molar-refractivity contribution in [2.75, 3.05) is 11.9 Å². The van der Waals surface area contributed by atoms with Crippen molar-refractivity contribution in [2.45, 2.75) is 0 Å². The Morgan fingerprint density at radius 3 is 2.62 bits per heavy atom. The molecule has 1 aromatic heterocycles. The van der Waals surface area contributed by atoms with Gasteiger partial charge in [-0.15, -0.1) is 11.3 Å². The molecule has 3 aromatic rings. The van der Waals surface area contributed by atoms with E-state index in [1.807, 2.05) is 6.07 Å². The predicted molar refractivity (Wildman–Crippen MR) is 97.4 cm³/mol. The van der Waals surface area contributed by atoms with Crippen LogP contribution in [0.3, 0.4) is 0 Å². The van der Waals surface area contributed by atoms with Crippen LogP contribution in [-0.2, 0) is 9.53 Å². The molecule has 0 saturated heterocycles. The molecule has 0 fully saturated rings. The third-order valence-corrected chi connectivity index (χ3v) is 4.47. The van der Waals surface area contributed by atoms with E-state index in [2.05, 4.69) is 5.32 Å². The van der Waals surface area contributed by atoms with Crippen molar-refractivity contribution in [3.8, 4) is 5.75 Å². The van der Waals surface area contributed by atoms with Crippen molar-refractivity contribution >= 4 is 44.9 Å². The maximum absolute atomic E-state index is 12.2. The van der Waals surface area contributed by atoms with E-state index in [1.165, 1.54) is 12.1 Å². The van der Waals surface area contributed by atoms with Crippen LogP contribution in [0.2, 0.25) is 0 Å². The molecule has 8 heteroatoms. The number of anilines is 1. The van der Waals surface area contributed by atoms with Crippen LogP contribution in [0, 0.1) is 0 Å². The number of carbonyl (C=O) groups is 3. The molecule has 0 bridgehead atoms. The van der Waals surface area contributed by atoms with E-state index < -0.39 is 24.4 Å². The minimum Gasteiger partial charge on any atom is -0.506 e. The van der Waals surface area contributed by atoms with Gasteiger partial charge < -0.3 is 20.9 Å². The quantitative estimate of drug-likeness (QED) is 0.596. The largest absolute Gasteiger partial charge is 0.506 e. The molecule has 2 aromatic carbocycles. The second kappa shape index (κ2) is 7.24. The first kappa shape index (κ1) is 17.4. The number of amides is 2. The summed E-state index contributed by atoms with van der Waals surface area (Å²) < 4.78 is 4.95. The topological polar surface area (TPSA) is 119 Å². The van der Waals surface area contributed by atoms with Gasteiger partial charge in [0.2, 0.25) is 0 Å². The summed E-state index contributed by atoms with van der Waals surface area (Å²) in [6.07, 6.45) is 0. The van der Waals surface area contributed by atoms with Crippen molar-refractivity contribution < 1.29 is 24.2 Å². The summed E-state index contributed by atoms with van der Waals surface area (Å²) in [4.78, 5) is 35.3. The highest BCUT2D eigenvalue weighted by molar-refractivity contribution is 7.14. The summed E-state index contributed by atoms with van der Waals surface area (Å²) >= 11 is 1.13. The summed E-state index contributed by atoms with van der Waals surface area (Å²) in [5, 5.41) is 15.9. The van der Waals surface area contributed by atoms with Crippen molar-refractivity contribution in [3.05, 3.63) is 59.0 Å². The molecule has 132 valence electrons. The van der Waals surface area contributed by atoms with Crippen LogP contribution < -0.4 is 11.1 Å². The van der Waals surface area contributed by atoms with Crippen LogP contribution in [-0.4, -0.2) is 29.5 Å². The number of primary amides is 1. The minimum atomic E-state index is -0.829. The van der Waals surface area contributed by atoms with Crippen LogP contribution in [0.5, 0.6) is 5.75 Å². The van der Waals surface area contributed by atoms with Crippen LogP contribution in [0.4, 0.5) is 5.00 Å². The Kier molecular flexibility index (Phi) is 4.85. The number of phenolic OH excluding ortho intramolecular Hbond substituents is 1. The van der Waals surface area contributed by atoms with Crippen LogP contribution >= 0.6 is 11.3 Å². The molecule has 0 unspecified atom stereocenters. The van der Waals surface area contributed by atoms with Gasteiger partial charge in [-0.3, -0.25) is 9.59 Å². The number of phenols is 1. The van der Waals surface area contributed by atoms with Gasteiger partial charge in [0.05, 0.1) is 5.56 Å². The smallest absolute Gasteiger partial charge is 0.342 e. The Bertz CT molecular complexity index is 1010. The normalized spacial score (nSPS) is 10.5. The Morgan fingerprint density at radius 1 is 1.08 bits per heavy atom. The van der Waals surface area contributed by atoms with E-state index in [0.29, 0.717) is 5.39 Å². The first-order valence-electron chi connectivity index (χ1n) is 7.52. The SMILES string of the molecule is NC(=O)c1ccsc1NC(=O)COC(=O)c1ccc2ccccc2c1O. The first-order valence-corrected chi connectivity index (χ1v) is 8.40. The number of nitrogens with two attached hydrogens (primary N) is 1. The van der Waals surface area contributed by atoms with Gasteiger partial charge in [0.15, 0.2) is 6.61 Å². The molecule has 7 nitrogen and oxygen atoms in total. The number of carbonyl (C=O) groups excluding carboxylic acids is 3. The lowest BCUT2D eigenvalue weighted by atomic mass is 10.1. The molecular weight excluding hydrogens is 356 g/mol. The molecule has 0 atom stereocenters. The highest BCUT2D eigenvalue weighted by Gasteiger charge is 2.18. The van der Waals surface area contributed by atoms with Crippen molar-refractivity contribution in [3.63, 3.8) is 0 Å². The summed E-state index contributed by atoms with van der Waals surface area (Å²) in [6.45, 7) is -0.568. The first-order chi connectivity index (χ1) is 12.5. The fourth-order valence-electron chi connectivity index (χ4n) is 2.39. The van der Waals surface area contributed by atoms with Gasteiger partial charge in [-0.25, -0.2) is 4.79 Å². The molecule has 0 aliphatic rings. The standard InChI is InChI=1S/C18H14N2O5S/c19-16(23)13-7-8-26-17(13)20-14(21)9-25-18(24)12-6-5-10-3-1-2-4-11(10)15(12)22/h1-8,22H,9H2,(H2,19,23)(H,20,21). The molecule has 1 heterocycles. The number of ether oxygens (including phenoxy) is 1. The number of fused-ring (bicyclic) bond motifs is 1. The monoisotopic (exact) mass is 370 g/mol. The molecule has 0 spiro atoms. The van der Waals surface area contributed by atoms with E-state index in [4.69, 9.17) is 10.5 Å². The summed E-state index contributed by atoms with van der Waals surface area (Å²) in [7, 11) is 0. The van der Waals surface area contributed by atoms with Gasteiger partial charge in [0, 0.05) is 5.39 Å². The zero-order chi connectivity index (χ0) is 18.7. The van der Waals surface area contributed by atoms with Gasteiger partial charge in [-0.2, -0.15) is 0 Å². The fourth-order valence-corrected chi connectivity index (χ4v) is 3.20. The predicted octanol–water partition coefficient (Wildman–Crippen LogP) is 2.50. The highest BCUT2D eigenvalue weighted by atomic mass is 32.1. The molecule has 26 heavy (non-hydrogen) atoms. The number of nitrogens with one attached hydrogen (secondary N) is 1. The maximum atomic E-state index is 12.2. The third-order valence-electron chi connectivity index (χ3n) is 3.64. The van der Waals surface area contributed by atoms with Crippen molar-refractivity contribution in [1.82, 2.24) is 0 Å². The number of aromatic hydroxyl groups is 1. The number of thiophene rings is 1. The van der Waals surface area contributed by atoms with Gasteiger partial charge in [-0.05, 0) is 22.9 Å². The summed E-state index contributed by atoms with van der Waals surface area (Å²) in [5.74, 6) is -2.32. The summed E-state index contributed by atoms with van der Waals surface area (Å²) in [6, 6.07) is 11.6.